The summed E-state index contributed by atoms with van der Waals surface area (Å²) in [6.45, 7) is 0. The van der Waals surface area contributed by atoms with Crippen LogP contribution < -0.4 is 15.6 Å². The first-order valence-corrected chi connectivity index (χ1v) is 9.15. The molecule has 0 saturated heterocycles. The summed E-state index contributed by atoms with van der Waals surface area (Å²) in [5, 5.41) is 14.7. The Morgan fingerprint density at radius 3 is 2.41 bits per heavy atom. The highest BCUT2D eigenvalue weighted by Gasteiger charge is 2.16. The van der Waals surface area contributed by atoms with Crippen LogP contribution in [0.1, 0.15) is 0 Å². The zero-order valence-corrected chi connectivity index (χ0v) is 14.6. The summed E-state index contributed by atoms with van der Waals surface area (Å²) in [5.41, 5.74) is 1.95. The number of fused-ring (bicyclic) bond motifs is 1. The quantitative estimate of drug-likeness (QED) is 0.458. The molecule has 0 spiro atoms. The van der Waals surface area contributed by atoms with Crippen LogP contribution in [0.2, 0.25) is 0 Å². The molecule has 0 unspecified atom stereocenters. The molecule has 0 aliphatic heterocycles. The molecule has 0 saturated carbocycles. The minimum absolute atomic E-state index is 0.0168. The van der Waals surface area contributed by atoms with Gasteiger partial charge in [0.15, 0.2) is 0 Å². The van der Waals surface area contributed by atoms with Crippen molar-refractivity contribution in [2.75, 3.05) is 5.32 Å². The number of nitro benzene ring substituents is 1. The van der Waals surface area contributed by atoms with Gasteiger partial charge in [-0.25, -0.2) is 13.2 Å². The Bertz CT molecular complexity index is 1130. The molecule has 0 atom stereocenters. The summed E-state index contributed by atoms with van der Waals surface area (Å²) in [6.07, 6.45) is 0. The van der Waals surface area contributed by atoms with E-state index in [1.54, 1.807) is 18.2 Å². The van der Waals surface area contributed by atoms with Gasteiger partial charge in [0.2, 0.25) is 0 Å². The second kappa shape index (κ2) is 7.40. The number of urea groups is 1. The molecule has 3 N–H and O–H groups in total. The molecule has 0 aliphatic rings. The van der Waals surface area contributed by atoms with Gasteiger partial charge in [-0.1, -0.05) is 36.4 Å². The van der Waals surface area contributed by atoms with Crippen molar-refractivity contribution in [3.63, 3.8) is 0 Å². The van der Waals surface area contributed by atoms with Gasteiger partial charge >= 0.3 is 6.03 Å². The lowest BCUT2D eigenvalue weighted by atomic mass is 10.1. The lowest BCUT2D eigenvalue weighted by molar-refractivity contribution is -0.384. The maximum atomic E-state index is 12.3. The Labute approximate surface area is 154 Å². The molecule has 9 nitrogen and oxygen atoms in total. The van der Waals surface area contributed by atoms with Crippen LogP contribution in [0.25, 0.3) is 10.8 Å². The topological polar surface area (TPSA) is 130 Å². The Morgan fingerprint density at radius 1 is 0.926 bits per heavy atom. The normalized spacial score (nSPS) is 11.1. The van der Waals surface area contributed by atoms with Gasteiger partial charge in [-0.2, -0.15) is 0 Å². The molecular formula is C17H14N4O5S. The molecule has 3 rings (SSSR count). The molecule has 2 amide bonds. The molecule has 0 radical (unpaired) electrons. The number of nitrogens with zero attached hydrogens (tertiary/aromatic N) is 1. The van der Waals surface area contributed by atoms with Gasteiger partial charge in [0, 0.05) is 17.8 Å². The van der Waals surface area contributed by atoms with Crippen molar-refractivity contribution in [1.29, 1.82) is 0 Å². The third-order valence-electron chi connectivity index (χ3n) is 3.64. The Balaban J connectivity index is 1.68. The molecule has 3 aromatic carbocycles. The van der Waals surface area contributed by atoms with Crippen molar-refractivity contribution in [2.24, 2.45) is 0 Å². The van der Waals surface area contributed by atoms with Crippen LogP contribution in [0.3, 0.4) is 0 Å². The van der Waals surface area contributed by atoms with Crippen LogP contribution in [0, 0.1) is 10.1 Å². The molecule has 0 heterocycles. The number of nitro groups is 1. The largest absolute Gasteiger partial charge is 0.334 e. The lowest BCUT2D eigenvalue weighted by Crippen LogP contribution is -2.43. The van der Waals surface area contributed by atoms with Crippen LogP contribution in [-0.2, 0) is 10.0 Å². The number of anilines is 1. The average molecular weight is 386 g/mol. The van der Waals surface area contributed by atoms with Gasteiger partial charge in [0.05, 0.1) is 9.82 Å². The van der Waals surface area contributed by atoms with E-state index < -0.39 is 21.0 Å². The summed E-state index contributed by atoms with van der Waals surface area (Å²) in [5.74, 6) is 0. The second-order valence-corrected chi connectivity index (χ2v) is 7.18. The third-order valence-corrected chi connectivity index (χ3v) is 4.89. The number of hydrogen-bond donors (Lipinski definition) is 3. The summed E-state index contributed by atoms with van der Waals surface area (Å²) in [6, 6.07) is 16.2. The van der Waals surface area contributed by atoms with Crippen LogP contribution in [-0.4, -0.2) is 19.4 Å². The Morgan fingerprint density at radius 2 is 1.67 bits per heavy atom. The predicted octanol–water partition coefficient (Wildman–Crippen LogP) is 2.76. The number of hydrogen-bond acceptors (Lipinski definition) is 5. The lowest BCUT2D eigenvalue weighted by Gasteiger charge is -2.10. The Hall–Kier alpha value is -3.50. The minimum atomic E-state index is -3.99. The number of benzene rings is 3. The summed E-state index contributed by atoms with van der Waals surface area (Å²) in [4.78, 5) is 23.9. The van der Waals surface area contributed by atoms with Crippen molar-refractivity contribution in [3.05, 3.63) is 76.8 Å². The Kier molecular flexibility index (Phi) is 5.01. The van der Waals surface area contributed by atoms with Gasteiger partial charge in [-0.05, 0) is 29.0 Å². The van der Waals surface area contributed by atoms with E-state index >= 15 is 0 Å². The maximum absolute atomic E-state index is 12.3. The molecule has 138 valence electrons. The van der Waals surface area contributed by atoms with Crippen LogP contribution in [0.15, 0.2) is 71.6 Å². The van der Waals surface area contributed by atoms with E-state index in [0.29, 0.717) is 0 Å². The minimum Gasteiger partial charge on any atom is -0.307 e. The molecule has 3 aromatic rings. The first-order chi connectivity index (χ1) is 12.8. The second-order valence-electron chi connectivity index (χ2n) is 5.50. The fourth-order valence-corrected chi connectivity index (χ4v) is 3.24. The first kappa shape index (κ1) is 18.3. The van der Waals surface area contributed by atoms with E-state index in [4.69, 9.17) is 0 Å². The van der Waals surface area contributed by atoms with Crippen molar-refractivity contribution in [2.45, 2.75) is 4.90 Å². The summed E-state index contributed by atoms with van der Waals surface area (Å²) < 4.78 is 24.7. The van der Waals surface area contributed by atoms with Gasteiger partial charge in [-0.3, -0.25) is 15.5 Å². The molecular weight excluding hydrogens is 372 g/mol. The van der Waals surface area contributed by atoms with Gasteiger partial charge in [-0.15, -0.1) is 4.83 Å². The number of carbonyl (C=O) groups excluding carboxylic acids is 1. The molecule has 0 bridgehead atoms. The fourth-order valence-electron chi connectivity index (χ4n) is 2.37. The van der Waals surface area contributed by atoms with Crippen molar-refractivity contribution in [1.82, 2.24) is 10.3 Å². The van der Waals surface area contributed by atoms with Gasteiger partial charge < -0.3 is 5.32 Å². The number of sulfonamides is 1. The third kappa shape index (κ3) is 4.37. The summed E-state index contributed by atoms with van der Waals surface area (Å²) >= 11 is 0. The first-order valence-electron chi connectivity index (χ1n) is 7.67. The van der Waals surface area contributed by atoms with Crippen molar-refractivity contribution >= 4 is 38.2 Å². The molecule has 27 heavy (non-hydrogen) atoms. The van der Waals surface area contributed by atoms with E-state index in [2.05, 4.69) is 5.32 Å². The molecule has 0 aliphatic carbocycles. The number of non-ortho nitro benzene ring substituents is 1. The molecule has 0 fully saturated rings. The average Bonchev–Trinajstić information content (AvgIpc) is 2.66. The number of hydrazine groups is 1. The van der Waals surface area contributed by atoms with E-state index in [-0.39, 0.29) is 16.3 Å². The van der Waals surface area contributed by atoms with Gasteiger partial charge in [0.1, 0.15) is 0 Å². The van der Waals surface area contributed by atoms with Crippen LogP contribution in [0.4, 0.5) is 16.2 Å². The highest BCUT2D eigenvalue weighted by Crippen LogP contribution is 2.19. The standard InChI is InChI=1S/C17H14N4O5S/c22-17(18-14-6-3-7-15(11-14)21(23)24)19-20-27(25,26)16-9-8-12-4-1-2-5-13(12)10-16/h1-11,20H,(H2,18,19,22). The monoisotopic (exact) mass is 386 g/mol. The van der Waals surface area contributed by atoms with Crippen LogP contribution in [0.5, 0.6) is 0 Å². The number of carbonyl (C=O) groups is 1. The van der Waals surface area contributed by atoms with E-state index in [1.807, 2.05) is 22.4 Å². The van der Waals surface area contributed by atoms with Crippen LogP contribution >= 0.6 is 0 Å². The van der Waals surface area contributed by atoms with E-state index in [1.165, 1.54) is 30.3 Å². The highest BCUT2D eigenvalue weighted by atomic mass is 32.2. The highest BCUT2D eigenvalue weighted by molar-refractivity contribution is 7.89. The zero-order chi connectivity index (χ0) is 19.4. The maximum Gasteiger partial charge on any atom is 0.334 e. The van der Waals surface area contributed by atoms with E-state index in [0.717, 1.165) is 16.8 Å². The van der Waals surface area contributed by atoms with Crippen molar-refractivity contribution in [3.8, 4) is 0 Å². The SMILES string of the molecule is O=C(NNS(=O)(=O)c1ccc2ccccc2c1)Nc1cccc([N+](=O)[O-])c1. The summed E-state index contributed by atoms with van der Waals surface area (Å²) in [7, 11) is -3.99. The molecule has 0 aromatic heterocycles. The van der Waals surface area contributed by atoms with E-state index in [9.17, 15) is 23.3 Å². The number of amides is 2. The predicted molar refractivity (Wildman–Crippen MR) is 99.5 cm³/mol. The van der Waals surface area contributed by atoms with Crippen molar-refractivity contribution < 1.29 is 18.1 Å². The number of rotatable bonds is 5. The molecule has 10 heteroatoms. The van der Waals surface area contributed by atoms with Gasteiger partial charge in [0.25, 0.3) is 15.7 Å². The zero-order valence-electron chi connectivity index (χ0n) is 13.7. The number of nitrogens with one attached hydrogen (secondary N) is 3. The fraction of sp³-hybridized carbons (Fsp3) is 0. The smallest absolute Gasteiger partial charge is 0.307 e.